The summed E-state index contributed by atoms with van der Waals surface area (Å²) in [5.41, 5.74) is 2.50. The van der Waals surface area contributed by atoms with Gasteiger partial charge in [-0.1, -0.05) is 12.1 Å². The maximum absolute atomic E-state index is 12.2. The summed E-state index contributed by atoms with van der Waals surface area (Å²) in [6, 6.07) is 12.4. The van der Waals surface area contributed by atoms with E-state index in [1.54, 1.807) is 25.1 Å². The van der Waals surface area contributed by atoms with E-state index in [1.807, 2.05) is 24.3 Å². The molecule has 8 nitrogen and oxygen atoms in total. The number of methoxy groups -OCH3 is 2. The molecule has 2 amide bonds. The molecule has 2 aromatic carbocycles. The monoisotopic (exact) mass is 384 g/mol. The Bertz CT molecular complexity index is 964. The third-order valence-electron chi connectivity index (χ3n) is 3.98. The molecule has 0 saturated carbocycles. The van der Waals surface area contributed by atoms with E-state index in [1.165, 1.54) is 14.2 Å². The van der Waals surface area contributed by atoms with Crippen molar-refractivity contribution in [3.05, 3.63) is 53.9 Å². The summed E-state index contributed by atoms with van der Waals surface area (Å²) in [6.07, 6.45) is -0.787. The molecule has 3 rings (SSSR count). The van der Waals surface area contributed by atoms with Gasteiger partial charge in [0, 0.05) is 7.11 Å². The van der Waals surface area contributed by atoms with Crippen molar-refractivity contribution in [2.75, 3.05) is 25.7 Å². The minimum absolute atomic E-state index is 0.150. The van der Waals surface area contributed by atoms with E-state index in [-0.39, 0.29) is 13.2 Å². The Kier molecular flexibility index (Phi) is 5.90. The summed E-state index contributed by atoms with van der Waals surface area (Å²) in [4.78, 5) is 29.6. The molecule has 1 aromatic heterocycles. The molecule has 0 saturated heterocycles. The van der Waals surface area contributed by atoms with Crippen molar-refractivity contribution in [3.63, 3.8) is 0 Å². The Morgan fingerprint density at radius 1 is 1.14 bits per heavy atom. The number of fused-ring (bicyclic) bond motifs is 1. The molecule has 146 valence electrons. The van der Waals surface area contributed by atoms with Gasteiger partial charge in [-0.25, -0.2) is 14.7 Å². The Morgan fingerprint density at radius 2 is 1.93 bits per heavy atom. The first-order valence-electron chi connectivity index (χ1n) is 8.51. The van der Waals surface area contributed by atoms with E-state index in [0.717, 1.165) is 10.4 Å². The van der Waals surface area contributed by atoms with Crippen LogP contribution in [-0.4, -0.2) is 37.8 Å². The topological polar surface area (TPSA) is 91.1 Å². The molecule has 3 aromatic rings. The lowest BCUT2D eigenvalue weighted by Gasteiger charge is -2.21. The van der Waals surface area contributed by atoms with Crippen molar-refractivity contribution < 1.29 is 28.2 Å². The van der Waals surface area contributed by atoms with Crippen LogP contribution in [0.5, 0.6) is 5.75 Å². The Hall–Kier alpha value is -3.39. The van der Waals surface area contributed by atoms with Crippen molar-refractivity contribution in [3.8, 4) is 5.75 Å². The first-order valence-corrected chi connectivity index (χ1v) is 8.51. The third kappa shape index (κ3) is 4.12. The minimum Gasteiger partial charge on any atom is -0.484 e. The molecular weight excluding hydrogens is 364 g/mol. The fourth-order valence-electron chi connectivity index (χ4n) is 2.71. The lowest BCUT2D eigenvalue weighted by atomic mass is 10.1. The zero-order chi connectivity index (χ0) is 20.1. The Balaban J connectivity index is 1.76. The first-order chi connectivity index (χ1) is 13.5. The fourth-order valence-corrected chi connectivity index (χ4v) is 2.71. The van der Waals surface area contributed by atoms with Crippen LogP contribution in [0.2, 0.25) is 0 Å². The smallest absolute Gasteiger partial charge is 0.421 e. The van der Waals surface area contributed by atoms with Crippen LogP contribution in [0, 0.1) is 6.92 Å². The van der Waals surface area contributed by atoms with E-state index >= 15 is 0 Å². The molecule has 8 heteroatoms. The molecule has 0 aliphatic carbocycles. The van der Waals surface area contributed by atoms with E-state index in [2.05, 4.69) is 4.98 Å². The SMILES string of the molecule is COCC(=O)N(C(=O)OC)c1ccc(OCc2nc3ccccc3o2)cc1C. The number of oxazole rings is 1. The molecule has 0 spiro atoms. The first kappa shape index (κ1) is 19.4. The largest absolute Gasteiger partial charge is 0.484 e. The summed E-state index contributed by atoms with van der Waals surface area (Å²) in [7, 11) is 2.59. The minimum atomic E-state index is -0.787. The molecule has 1 heterocycles. The molecule has 0 N–H and O–H groups in total. The van der Waals surface area contributed by atoms with Gasteiger partial charge in [-0.3, -0.25) is 4.79 Å². The van der Waals surface area contributed by atoms with Crippen molar-refractivity contribution in [1.82, 2.24) is 4.98 Å². The van der Waals surface area contributed by atoms with Gasteiger partial charge in [0.25, 0.3) is 5.91 Å². The summed E-state index contributed by atoms with van der Waals surface area (Å²) >= 11 is 0. The Labute approximate surface area is 161 Å². The van der Waals surface area contributed by atoms with Gasteiger partial charge >= 0.3 is 6.09 Å². The highest BCUT2D eigenvalue weighted by Crippen LogP contribution is 2.26. The highest BCUT2D eigenvalue weighted by Gasteiger charge is 2.25. The van der Waals surface area contributed by atoms with Gasteiger partial charge in [-0.15, -0.1) is 0 Å². The number of carbonyl (C=O) groups excluding carboxylic acids is 2. The van der Waals surface area contributed by atoms with E-state index in [9.17, 15) is 9.59 Å². The maximum atomic E-state index is 12.2. The second-order valence-electron chi connectivity index (χ2n) is 5.94. The lowest BCUT2D eigenvalue weighted by Crippen LogP contribution is -2.39. The number of aromatic nitrogens is 1. The molecule has 0 unspecified atom stereocenters. The second kappa shape index (κ2) is 8.53. The fraction of sp³-hybridized carbons (Fsp3) is 0.250. The molecule has 0 aliphatic heterocycles. The van der Waals surface area contributed by atoms with Crippen LogP contribution in [0.4, 0.5) is 10.5 Å². The lowest BCUT2D eigenvalue weighted by molar-refractivity contribution is -0.121. The van der Waals surface area contributed by atoms with Gasteiger partial charge < -0.3 is 18.6 Å². The van der Waals surface area contributed by atoms with Crippen LogP contribution >= 0.6 is 0 Å². The molecule has 0 bridgehead atoms. The van der Waals surface area contributed by atoms with Gasteiger partial charge in [-0.05, 0) is 42.8 Å². The molecule has 0 atom stereocenters. The van der Waals surface area contributed by atoms with Crippen molar-refractivity contribution >= 4 is 28.8 Å². The average Bonchev–Trinajstić information content (AvgIpc) is 3.11. The van der Waals surface area contributed by atoms with Crippen LogP contribution in [-0.2, 0) is 20.9 Å². The number of aryl methyl sites for hydroxylation is 1. The van der Waals surface area contributed by atoms with E-state index in [0.29, 0.717) is 28.5 Å². The van der Waals surface area contributed by atoms with Gasteiger partial charge in [0.2, 0.25) is 5.89 Å². The number of rotatable bonds is 6. The highest BCUT2D eigenvalue weighted by atomic mass is 16.5. The predicted molar refractivity (Wildman–Crippen MR) is 101 cm³/mol. The van der Waals surface area contributed by atoms with Crippen LogP contribution in [0.1, 0.15) is 11.5 Å². The summed E-state index contributed by atoms with van der Waals surface area (Å²) in [5.74, 6) is 0.472. The predicted octanol–water partition coefficient (Wildman–Crippen LogP) is 3.46. The summed E-state index contributed by atoms with van der Waals surface area (Å²) in [5, 5.41) is 0. The normalized spacial score (nSPS) is 10.7. The number of imide groups is 1. The standard InChI is InChI=1S/C20H20N2O6/c1-13-10-14(27-11-18-21-15-6-4-5-7-17(15)28-18)8-9-16(13)22(20(24)26-3)19(23)12-25-2/h4-10H,11-12H2,1-3H3. The summed E-state index contributed by atoms with van der Waals surface area (Å²) < 4.78 is 20.9. The number of benzene rings is 2. The van der Waals surface area contributed by atoms with Crippen molar-refractivity contribution in [2.45, 2.75) is 13.5 Å². The van der Waals surface area contributed by atoms with Crippen LogP contribution < -0.4 is 9.64 Å². The van der Waals surface area contributed by atoms with Gasteiger partial charge in [0.1, 0.15) is 17.9 Å². The zero-order valence-corrected chi connectivity index (χ0v) is 15.8. The summed E-state index contributed by atoms with van der Waals surface area (Å²) in [6.45, 7) is 1.67. The molecule has 28 heavy (non-hydrogen) atoms. The third-order valence-corrected chi connectivity index (χ3v) is 3.98. The van der Waals surface area contributed by atoms with Crippen LogP contribution in [0.25, 0.3) is 11.1 Å². The van der Waals surface area contributed by atoms with Crippen LogP contribution in [0.3, 0.4) is 0 Å². The zero-order valence-electron chi connectivity index (χ0n) is 15.8. The maximum Gasteiger partial charge on any atom is 0.421 e. The molecule has 0 aliphatic rings. The van der Waals surface area contributed by atoms with Gasteiger partial charge in [-0.2, -0.15) is 0 Å². The van der Waals surface area contributed by atoms with Crippen molar-refractivity contribution in [2.24, 2.45) is 0 Å². The average molecular weight is 384 g/mol. The number of amides is 2. The molecule has 0 fully saturated rings. The Morgan fingerprint density at radius 3 is 2.61 bits per heavy atom. The van der Waals surface area contributed by atoms with Crippen LogP contribution in [0.15, 0.2) is 46.9 Å². The number of carbonyl (C=O) groups is 2. The number of ether oxygens (including phenoxy) is 3. The van der Waals surface area contributed by atoms with E-state index < -0.39 is 12.0 Å². The number of hydrogen-bond acceptors (Lipinski definition) is 7. The number of hydrogen-bond donors (Lipinski definition) is 0. The van der Waals surface area contributed by atoms with E-state index in [4.69, 9.17) is 18.6 Å². The highest BCUT2D eigenvalue weighted by molar-refractivity contribution is 6.13. The second-order valence-corrected chi connectivity index (χ2v) is 5.94. The number of para-hydroxylation sites is 2. The molecular formula is C20H20N2O6. The quantitative estimate of drug-likeness (QED) is 0.643. The number of anilines is 1. The van der Waals surface area contributed by atoms with Gasteiger partial charge in [0.15, 0.2) is 12.2 Å². The van der Waals surface area contributed by atoms with Crippen molar-refractivity contribution in [1.29, 1.82) is 0 Å². The van der Waals surface area contributed by atoms with Gasteiger partial charge in [0.05, 0.1) is 12.8 Å². The number of nitrogens with zero attached hydrogens (tertiary/aromatic N) is 2. The molecule has 0 radical (unpaired) electrons.